The topological polar surface area (TPSA) is 147 Å². The van der Waals surface area contributed by atoms with Gasteiger partial charge in [0.2, 0.25) is 0 Å². The summed E-state index contributed by atoms with van der Waals surface area (Å²) in [6.45, 7) is 5.27. The van der Waals surface area contributed by atoms with E-state index in [9.17, 15) is 4.79 Å². The number of carbonyl (C=O) groups excluding carboxylic acids is 1. The smallest absolute Gasteiger partial charge is 0.542 e. The van der Waals surface area contributed by atoms with E-state index in [1.807, 2.05) is 32.1 Å². The first-order valence-electron chi connectivity index (χ1n) is 9.60. The van der Waals surface area contributed by atoms with Gasteiger partial charge in [0, 0.05) is 6.54 Å². The Labute approximate surface area is 188 Å². The first kappa shape index (κ1) is 24.9. The Morgan fingerprint density at radius 1 is 1.30 bits per heavy atom. The van der Waals surface area contributed by atoms with Crippen LogP contribution in [-0.2, 0) is 24.5 Å². The minimum Gasteiger partial charge on any atom is -0.542 e. The number of hydrogen-bond acceptors (Lipinski definition) is 10. The Morgan fingerprint density at radius 3 is 2.77 bits per heavy atom. The second-order valence-electron chi connectivity index (χ2n) is 8.03. The normalized spacial score (nSPS) is 35.5. The van der Waals surface area contributed by atoms with Gasteiger partial charge in [0.1, 0.15) is 36.5 Å². The number of rotatable bonds is 7. The van der Waals surface area contributed by atoms with Gasteiger partial charge in [-0.05, 0) is 27.4 Å². The van der Waals surface area contributed by atoms with Crippen molar-refractivity contribution in [1.29, 1.82) is 0 Å². The van der Waals surface area contributed by atoms with E-state index in [1.165, 1.54) is 6.34 Å². The van der Waals surface area contributed by atoms with Gasteiger partial charge in [-0.2, -0.15) is 6.42 Å². The molecule has 0 radical (unpaired) electrons. The zero-order valence-electron chi connectivity index (χ0n) is 18.0. The molecule has 162 valence electrons. The molecule has 0 aromatic heterocycles. The molecule has 6 atom stereocenters. The van der Waals surface area contributed by atoms with E-state index < -0.39 is 5.79 Å². The molecule has 2 fully saturated rings. The predicted molar refractivity (Wildman–Crippen MR) is 108 cm³/mol. The van der Waals surface area contributed by atoms with Crippen molar-refractivity contribution in [2.45, 2.75) is 69.2 Å². The molecule has 0 amide bonds. The summed E-state index contributed by atoms with van der Waals surface area (Å²) in [6.07, 6.45) is 5.02. The van der Waals surface area contributed by atoms with E-state index in [0.717, 1.165) is 13.0 Å². The van der Waals surface area contributed by atoms with Crippen molar-refractivity contribution in [3.8, 4) is 0 Å². The molecule has 2 saturated heterocycles. The molecule has 4 aliphatic heterocycles. The number of fused-ring (bicyclic) bond motifs is 2. The molecule has 11 nitrogen and oxygen atoms in total. The Hall–Kier alpha value is -1.32. The van der Waals surface area contributed by atoms with Gasteiger partial charge in [-0.1, -0.05) is 6.42 Å². The van der Waals surface area contributed by atoms with E-state index in [2.05, 4.69) is 19.9 Å². The summed E-state index contributed by atoms with van der Waals surface area (Å²) in [5.41, 5.74) is 5.97. The average Bonchev–Trinajstić information content (AvgIpc) is 3.28. The summed E-state index contributed by atoms with van der Waals surface area (Å²) in [7, 11) is 2.01. The van der Waals surface area contributed by atoms with Crippen LogP contribution in [-0.4, -0.2) is 97.3 Å². The van der Waals surface area contributed by atoms with Crippen molar-refractivity contribution in [1.82, 2.24) is 9.80 Å². The quantitative estimate of drug-likeness (QED) is 0.190. The minimum atomic E-state index is -0.687. The molecule has 0 saturated carbocycles. The van der Waals surface area contributed by atoms with Crippen LogP contribution in [0.4, 0.5) is 0 Å². The second kappa shape index (κ2) is 9.87. The molecular formula is C18H30LiN6O5+. The van der Waals surface area contributed by atoms with Crippen LogP contribution in [0.3, 0.4) is 0 Å². The van der Waals surface area contributed by atoms with Crippen molar-refractivity contribution in [2.24, 2.45) is 20.7 Å². The van der Waals surface area contributed by atoms with Crippen LogP contribution in [0.5, 0.6) is 0 Å². The summed E-state index contributed by atoms with van der Waals surface area (Å²) >= 11 is 0. The number of nitrogens with two attached hydrogens (primary N) is 1. The molecule has 4 heterocycles. The van der Waals surface area contributed by atoms with Gasteiger partial charge in [0.15, 0.2) is 18.2 Å². The van der Waals surface area contributed by atoms with Crippen LogP contribution in [0.25, 0.3) is 0 Å². The summed E-state index contributed by atoms with van der Waals surface area (Å²) in [6, 6.07) is -0.302. The third-order valence-corrected chi connectivity index (χ3v) is 5.41. The molecule has 5 N–H and O–H groups in total. The third kappa shape index (κ3) is 4.78. The second-order valence-corrected chi connectivity index (χ2v) is 8.03. The van der Waals surface area contributed by atoms with E-state index in [-0.39, 0.29) is 61.1 Å². The van der Waals surface area contributed by atoms with Gasteiger partial charge in [0.25, 0.3) is 0 Å². The standard InChI is InChI=1S/C18H27N6O4.Li.H2O/c1-18(2)27-13-11(8-23(3)6-4-5-7-25)26-17(14(13)28-18)24-10-22-12-15(19)20-9-21-16(12)24;;/h9-14,16-17H,4-6,8H2,1-3H3,(H2,19,20,21);;1H2/q-1;+1;/p+1/t11?,12?,13-,14?,16?,17?;;/m1../s1. The SMILES string of the molecule is CN(CCC[C-]=O)CC1OC(N2C=NC3C(N)=NC=NC32)C2OC(C)(C)O[C@H]12.[Li+].[OH3+]. The van der Waals surface area contributed by atoms with E-state index >= 15 is 0 Å². The van der Waals surface area contributed by atoms with Gasteiger partial charge in [-0.15, -0.1) is 0 Å². The molecule has 0 aromatic rings. The monoisotopic (exact) mass is 417 g/mol. The molecule has 30 heavy (non-hydrogen) atoms. The molecule has 0 aromatic carbocycles. The molecule has 0 aliphatic carbocycles. The molecule has 5 unspecified atom stereocenters. The summed E-state index contributed by atoms with van der Waals surface area (Å²) in [4.78, 5) is 27.5. The third-order valence-electron chi connectivity index (χ3n) is 5.41. The van der Waals surface area contributed by atoms with Crippen LogP contribution >= 0.6 is 0 Å². The Kier molecular flexibility index (Phi) is 8.20. The number of likely N-dealkylation sites (N-methyl/N-ethyl adjacent to an activating group) is 1. The number of amidine groups is 1. The Bertz CT molecular complexity index is 705. The summed E-state index contributed by atoms with van der Waals surface area (Å²) in [5, 5.41) is 0. The molecular weight excluding hydrogens is 387 g/mol. The van der Waals surface area contributed by atoms with Crippen molar-refractivity contribution in [2.75, 3.05) is 20.1 Å². The van der Waals surface area contributed by atoms with Crippen LogP contribution in [0.2, 0.25) is 0 Å². The average molecular weight is 417 g/mol. The Morgan fingerprint density at radius 2 is 2.03 bits per heavy atom. The van der Waals surface area contributed by atoms with E-state index in [0.29, 0.717) is 18.8 Å². The maximum atomic E-state index is 10.4. The van der Waals surface area contributed by atoms with Crippen molar-refractivity contribution < 1.29 is 43.3 Å². The van der Waals surface area contributed by atoms with Crippen LogP contribution < -0.4 is 24.6 Å². The fourth-order valence-electron chi connectivity index (χ4n) is 4.17. The predicted octanol–water partition coefficient (Wildman–Crippen LogP) is -4.43. The molecule has 4 aliphatic rings. The number of nitrogens with zero attached hydrogens (tertiary/aromatic N) is 5. The van der Waals surface area contributed by atoms with Gasteiger partial charge < -0.3 is 40.0 Å². The molecule has 0 bridgehead atoms. The zero-order valence-corrected chi connectivity index (χ0v) is 18.0. The van der Waals surface area contributed by atoms with E-state index in [4.69, 9.17) is 19.9 Å². The van der Waals surface area contributed by atoms with Gasteiger partial charge in [0.05, 0.1) is 6.34 Å². The largest absolute Gasteiger partial charge is 1.00 e. The fraction of sp³-hybridized carbons (Fsp3) is 0.778. The van der Waals surface area contributed by atoms with Gasteiger partial charge >= 0.3 is 18.9 Å². The number of unbranched alkanes of at least 4 members (excludes halogenated alkanes) is 1. The first-order valence-corrected chi connectivity index (χ1v) is 9.60. The zero-order chi connectivity index (χ0) is 19.9. The van der Waals surface area contributed by atoms with E-state index in [1.54, 1.807) is 6.34 Å². The molecule has 0 spiro atoms. The number of ether oxygens (including phenoxy) is 3. The first-order chi connectivity index (χ1) is 13.4. The minimum absolute atomic E-state index is 0. The van der Waals surface area contributed by atoms with Crippen molar-refractivity contribution in [3.05, 3.63) is 0 Å². The molecule has 12 heteroatoms. The fourth-order valence-corrected chi connectivity index (χ4v) is 4.17. The van der Waals surface area contributed by atoms with Crippen molar-refractivity contribution >= 4 is 24.8 Å². The van der Waals surface area contributed by atoms with Crippen LogP contribution in [0.15, 0.2) is 15.0 Å². The molecule has 4 rings (SSSR count). The van der Waals surface area contributed by atoms with Crippen LogP contribution in [0.1, 0.15) is 26.7 Å². The summed E-state index contributed by atoms with van der Waals surface area (Å²) in [5.74, 6) is -0.242. The maximum absolute atomic E-state index is 10.4. The van der Waals surface area contributed by atoms with Gasteiger partial charge in [-0.25, -0.2) is 9.98 Å². The van der Waals surface area contributed by atoms with Crippen molar-refractivity contribution in [3.63, 3.8) is 0 Å². The Balaban J connectivity index is 0.00000160. The van der Waals surface area contributed by atoms with Gasteiger partial charge in [-0.3, -0.25) is 11.3 Å². The van der Waals surface area contributed by atoms with Crippen LogP contribution in [0, 0.1) is 0 Å². The summed E-state index contributed by atoms with van der Waals surface area (Å²) < 4.78 is 18.7. The number of aliphatic imine (C=N–C) groups is 3. The maximum Gasteiger partial charge on any atom is 1.00 e. The number of hydrogen-bond donors (Lipinski definition) is 1.